The summed E-state index contributed by atoms with van der Waals surface area (Å²) in [4.78, 5) is 5.49. The number of benzene rings is 1. The van der Waals surface area contributed by atoms with Gasteiger partial charge in [-0.3, -0.25) is 0 Å². The van der Waals surface area contributed by atoms with Crippen LogP contribution in [0.2, 0.25) is 5.02 Å². The molecule has 0 bridgehead atoms. The van der Waals surface area contributed by atoms with Gasteiger partial charge in [0.2, 0.25) is 0 Å². The van der Waals surface area contributed by atoms with Crippen LogP contribution in [-0.4, -0.2) is 15.3 Å². The number of halogens is 1. The Labute approximate surface area is 142 Å². The molecule has 0 saturated heterocycles. The van der Waals surface area contributed by atoms with Crippen LogP contribution in [0.1, 0.15) is 15.4 Å². The SMILES string of the molecule is Clc1ccc2sc3c(c2c1)SCC1=C3SCc2snnc21. The molecule has 3 aromatic rings. The second-order valence-electron chi connectivity index (χ2n) is 4.83. The summed E-state index contributed by atoms with van der Waals surface area (Å²) in [6.07, 6.45) is 0. The van der Waals surface area contributed by atoms with E-state index in [-0.39, 0.29) is 0 Å². The van der Waals surface area contributed by atoms with Crippen molar-refractivity contribution in [2.45, 2.75) is 10.6 Å². The first-order valence-electron chi connectivity index (χ1n) is 6.34. The molecule has 2 aliphatic heterocycles. The monoisotopic (exact) mass is 366 g/mol. The van der Waals surface area contributed by atoms with Gasteiger partial charge >= 0.3 is 0 Å². The smallest absolute Gasteiger partial charge is 0.107 e. The molecule has 0 atom stereocenters. The predicted molar refractivity (Wildman–Crippen MR) is 95.6 cm³/mol. The first-order valence-corrected chi connectivity index (χ1v) is 10.3. The lowest BCUT2D eigenvalue weighted by atomic mass is 10.1. The Morgan fingerprint density at radius 3 is 3.05 bits per heavy atom. The molecule has 1 aromatic carbocycles. The zero-order valence-electron chi connectivity index (χ0n) is 10.6. The number of fused-ring (bicyclic) bond motifs is 6. The van der Waals surface area contributed by atoms with Crippen molar-refractivity contribution in [3.8, 4) is 0 Å². The highest BCUT2D eigenvalue weighted by molar-refractivity contribution is 8.09. The van der Waals surface area contributed by atoms with Crippen LogP contribution in [0.25, 0.3) is 20.6 Å². The average Bonchev–Trinajstić information content (AvgIpc) is 3.10. The van der Waals surface area contributed by atoms with Gasteiger partial charge in [-0.2, -0.15) is 0 Å². The molecule has 2 aliphatic rings. The van der Waals surface area contributed by atoms with Gasteiger partial charge in [0.15, 0.2) is 0 Å². The summed E-state index contributed by atoms with van der Waals surface area (Å²) in [5.74, 6) is 1.97. The lowest BCUT2D eigenvalue weighted by Gasteiger charge is -2.22. The van der Waals surface area contributed by atoms with Crippen molar-refractivity contribution < 1.29 is 0 Å². The largest absolute Gasteiger partial charge is 0.138 e. The summed E-state index contributed by atoms with van der Waals surface area (Å²) in [6.45, 7) is 0. The molecule has 2 nitrogen and oxygen atoms in total. The minimum absolute atomic E-state index is 0.811. The van der Waals surface area contributed by atoms with E-state index >= 15 is 0 Å². The molecule has 4 heterocycles. The molecule has 0 N–H and O–H groups in total. The first-order chi connectivity index (χ1) is 10.3. The van der Waals surface area contributed by atoms with Crippen LogP contribution in [0.15, 0.2) is 23.1 Å². The van der Waals surface area contributed by atoms with Crippen LogP contribution in [0.4, 0.5) is 0 Å². The number of thiophene rings is 1. The zero-order valence-corrected chi connectivity index (χ0v) is 14.6. The number of rotatable bonds is 0. The van der Waals surface area contributed by atoms with Gasteiger partial charge in [0.05, 0.1) is 9.75 Å². The molecule has 104 valence electrons. The third kappa shape index (κ3) is 1.86. The second kappa shape index (κ2) is 4.73. The average molecular weight is 367 g/mol. The van der Waals surface area contributed by atoms with Gasteiger partial charge in [0.25, 0.3) is 0 Å². The fourth-order valence-electron chi connectivity index (χ4n) is 2.69. The lowest BCUT2D eigenvalue weighted by Crippen LogP contribution is -2.04. The molecule has 0 amide bonds. The molecular weight excluding hydrogens is 360 g/mol. The van der Waals surface area contributed by atoms with Gasteiger partial charge in [-0.1, -0.05) is 16.1 Å². The van der Waals surface area contributed by atoms with Crippen molar-refractivity contribution in [3.05, 3.63) is 38.7 Å². The number of aromatic nitrogens is 2. The zero-order chi connectivity index (χ0) is 14.0. The van der Waals surface area contributed by atoms with Crippen molar-refractivity contribution in [1.29, 1.82) is 0 Å². The minimum atomic E-state index is 0.811. The second-order valence-corrected chi connectivity index (χ2v) is 9.13. The van der Waals surface area contributed by atoms with E-state index in [1.165, 1.54) is 46.7 Å². The summed E-state index contributed by atoms with van der Waals surface area (Å²) in [5, 5.41) is 6.45. The van der Waals surface area contributed by atoms with Gasteiger partial charge in [0.1, 0.15) is 5.69 Å². The van der Waals surface area contributed by atoms with Crippen LogP contribution in [0.5, 0.6) is 0 Å². The molecule has 5 rings (SSSR count). The van der Waals surface area contributed by atoms with E-state index in [0.717, 1.165) is 22.2 Å². The molecule has 21 heavy (non-hydrogen) atoms. The lowest BCUT2D eigenvalue weighted by molar-refractivity contribution is 1.12. The number of hydrogen-bond acceptors (Lipinski definition) is 6. The molecular formula is C14H7ClN2S4. The summed E-state index contributed by atoms with van der Waals surface area (Å²) >= 11 is 13.4. The Hall–Kier alpha value is -0.530. The Balaban J connectivity index is 1.80. The highest BCUT2D eigenvalue weighted by Gasteiger charge is 2.31. The van der Waals surface area contributed by atoms with Crippen molar-refractivity contribution in [3.63, 3.8) is 0 Å². The van der Waals surface area contributed by atoms with E-state index in [1.807, 2.05) is 40.9 Å². The maximum Gasteiger partial charge on any atom is 0.107 e. The summed E-state index contributed by atoms with van der Waals surface area (Å²) in [7, 11) is 0. The van der Waals surface area contributed by atoms with E-state index < -0.39 is 0 Å². The maximum atomic E-state index is 6.17. The van der Waals surface area contributed by atoms with E-state index in [9.17, 15) is 0 Å². The van der Waals surface area contributed by atoms with Crippen LogP contribution in [0.3, 0.4) is 0 Å². The predicted octanol–water partition coefficient (Wildman–Crippen LogP) is 5.63. The van der Waals surface area contributed by atoms with Crippen molar-refractivity contribution in [1.82, 2.24) is 9.59 Å². The number of hydrogen-bond donors (Lipinski definition) is 0. The third-order valence-electron chi connectivity index (χ3n) is 3.64. The van der Waals surface area contributed by atoms with Gasteiger partial charge in [-0.25, -0.2) is 0 Å². The van der Waals surface area contributed by atoms with Crippen LogP contribution < -0.4 is 0 Å². The summed E-state index contributed by atoms with van der Waals surface area (Å²) in [5.41, 5.74) is 2.49. The van der Waals surface area contributed by atoms with E-state index in [4.69, 9.17) is 11.6 Å². The third-order valence-corrected chi connectivity index (χ3v) is 8.54. The van der Waals surface area contributed by atoms with Crippen LogP contribution in [0, 0.1) is 0 Å². The summed E-state index contributed by atoms with van der Waals surface area (Å²) in [6, 6.07) is 6.20. The Kier molecular flexibility index (Phi) is 2.92. The summed E-state index contributed by atoms with van der Waals surface area (Å²) < 4.78 is 5.44. The Morgan fingerprint density at radius 2 is 2.10 bits per heavy atom. The molecule has 2 aromatic heterocycles. The molecule has 0 radical (unpaired) electrons. The minimum Gasteiger partial charge on any atom is -0.138 e. The number of nitrogens with zero attached hydrogens (tertiary/aromatic N) is 2. The number of thioether (sulfide) groups is 2. The first kappa shape index (κ1) is 13.0. The van der Waals surface area contributed by atoms with Gasteiger partial charge in [-0.15, -0.1) is 40.0 Å². The van der Waals surface area contributed by atoms with Crippen molar-refractivity contribution in [2.24, 2.45) is 0 Å². The molecule has 0 saturated carbocycles. The molecule has 0 spiro atoms. The fourth-order valence-corrected chi connectivity index (χ4v) is 7.70. The van der Waals surface area contributed by atoms with Gasteiger partial charge < -0.3 is 0 Å². The van der Waals surface area contributed by atoms with E-state index in [0.29, 0.717) is 0 Å². The maximum absolute atomic E-state index is 6.17. The molecule has 0 aliphatic carbocycles. The quantitative estimate of drug-likeness (QED) is 0.515. The van der Waals surface area contributed by atoms with Gasteiger partial charge in [-0.05, 0) is 29.7 Å². The normalized spacial score (nSPS) is 16.8. The Bertz CT molecular complexity index is 924. The van der Waals surface area contributed by atoms with Crippen molar-refractivity contribution >= 4 is 78.6 Å². The fraction of sp³-hybridized carbons (Fsp3) is 0.143. The highest BCUT2D eigenvalue weighted by Crippen LogP contribution is 2.55. The Morgan fingerprint density at radius 1 is 1.14 bits per heavy atom. The van der Waals surface area contributed by atoms with Crippen molar-refractivity contribution in [2.75, 3.05) is 5.75 Å². The highest BCUT2D eigenvalue weighted by atomic mass is 35.5. The molecule has 0 unspecified atom stereocenters. The van der Waals surface area contributed by atoms with Crippen LogP contribution >= 0.6 is 58.0 Å². The van der Waals surface area contributed by atoms with E-state index in [1.54, 1.807) is 0 Å². The standard InChI is InChI=1S/C14H7ClN2S4/c15-6-1-2-9-7(3-6)12-14(20-9)13-8(4-18-12)11-10(5-19-13)21-17-16-11/h1-3H,4-5H2. The van der Waals surface area contributed by atoms with E-state index in [2.05, 4.69) is 21.7 Å². The van der Waals surface area contributed by atoms with Crippen LogP contribution in [-0.2, 0) is 5.75 Å². The molecule has 7 heteroatoms. The molecule has 0 fully saturated rings. The van der Waals surface area contributed by atoms with Gasteiger partial charge in [0, 0.05) is 42.0 Å². The topological polar surface area (TPSA) is 25.8 Å².